The first-order valence-electron chi connectivity index (χ1n) is 16.1. The second-order valence-electron chi connectivity index (χ2n) is 8.22. The molecule has 5 heterocycles. The summed E-state index contributed by atoms with van der Waals surface area (Å²) in [5.41, 5.74) is 0. The van der Waals surface area contributed by atoms with Crippen molar-refractivity contribution in [2.45, 2.75) is 95.9 Å². The van der Waals surface area contributed by atoms with Gasteiger partial charge in [0.05, 0.1) is 0 Å². The van der Waals surface area contributed by atoms with Gasteiger partial charge in [0.15, 0.2) is 12.8 Å². The number of hydrogen-bond donors (Lipinski definition) is 0. The average Bonchev–Trinajstić information content (AvgIpc) is 3.86. The molecule has 4 aliphatic rings. The number of likely N-dealkylation sites (N-methyl/N-ethyl adjacent to an activating group) is 2. The van der Waals surface area contributed by atoms with Crippen LogP contribution in [0.2, 0.25) is 0 Å². The molecule has 1 aromatic heterocycles. The van der Waals surface area contributed by atoms with Crippen LogP contribution in [0, 0.1) is 0 Å². The highest BCUT2D eigenvalue weighted by Crippen LogP contribution is 2.02. The zero-order valence-electron chi connectivity index (χ0n) is 30.0. The van der Waals surface area contributed by atoms with E-state index in [9.17, 15) is 0 Å². The molecule has 0 aromatic carbocycles. The first kappa shape index (κ1) is 51.6. The number of aromatic nitrogens is 1. The van der Waals surface area contributed by atoms with Gasteiger partial charge < -0.3 is 14.4 Å². The first-order valence-corrected chi connectivity index (χ1v) is 16.1. The summed E-state index contributed by atoms with van der Waals surface area (Å²) in [5.74, 6) is 0. The van der Waals surface area contributed by atoms with Crippen molar-refractivity contribution in [1.82, 2.24) is 19.3 Å². The summed E-state index contributed by atoms with van der Waals surface area (Å²) < 4.78 is 4.12. The van der Waals surface area contributed by atoms with Crippen LogP contribution in [0.25, 0.3) is 0 Å². The normalized spacial score (nSPS) is 14.7. The molecule has 0 bridgehead atoms. The maximum Gasteiger partial charge on any atom is 0.163 e. The minimum atomic E-state index is 0. The van der Waals surface area contributed by atoms with Crippen LogP contribution in [0.3, 0.4) is 0 Å². The molecule has 1 aromatic rings. The molecule has 4 aliphatic heterocycles. The van der Waals surface area contributed by atoms with Gasteiger partial charge in [0, 0.05) is 52.2 Å². The van der Waals surface area contributed by atoms with Crippen molar-refractivity contribution in [3.63, 3.8) is 0 Å². The molecule has 1 fully saturated rings. The van der Waals surface area contributed by atoms with E-state index in [1.807, 2.05) is 105 Å². The fourth-order valence-electron chi connectivity index (χ4n) is 2.98. The van der Waals surface area contributed by atoms with Gasteiger partial charge in [-0.3, -0.25) is 4.90 Å². The van der Waals surface area contributed by atoms with E-state index < -0.39 is 0 Å². The standard InChI is InChI=1S/C5H11N.2C5H9N.C5H8N.C5H7N.5C2H6.CH4/c5*1-6-4-2-3-5-6;5*1-2;/h2-5H2,1H3;2,4H,3,5H2,1H3;2-3H,4-5H2,1H3;2-4H,5H2,1H3;2-5H,1H3;5*1-2H3;1H4/q;;;+1;;;;;;;. The smallest absolute Gasteiger partial charge is 0.163 e. The van der Waals surface area contributed by atoms with E-state index in [0.29, 0.717) is 0 Å². The van der Waals surface area contributed by atoms with Gasteiger partial charge in [0.25, 0.3) is 0 Å². The summed E-state index contributed by atoms with van der Waals surface area (Å²) in [6, 6.07) is 4.00. The number of likely N-dealkylation sites (tertiary alicyclic amines) is 1. The summed E-state index contributed by atoms with van der Waals surface area (Å²) in [6.07, 6.45) is 22.9. The van der Waals surface area contributed by atoms with Gasteiger partial charge in [-0.15, -0.1) is 0 Å². The van der Waals surface area contributed by atoms with Gasteiger partial charge in [-0.1, -0.05) is 94.9 Å². The Bertz CT molecular complexity index is 631. The molecule has 0 saturated carbocycles. The lowest BCUT2D eigenvalue weighted by atomic mass is 10.4. The van der Waals surface area contributed by atoms with Crippen LogP contribution in [0.4, 0.5) is 0 Å². The van der Waals surface area contributed by atoms with Crippen molar-refractivity contribution in [3.05, 3.63) is 61.1 Å². The van der Waals surface area contributed by atoms with Gasteiger partial charge >= 0.3 is 0 Å². The van der Waals surface area contributed by atoms with Crippen LogP contribution < -0.4 is 0 Å². The average molecular weight is 581 g/mol. The molecular formula is C36H78N5+. The van der Waals surface area contributed by atoms with Crippen molar-refractivity contribution < 1.29 is 4.58 Å². The third-order valence-electron chi connectivity index (χ3n) is 4.96. The number of hydrogen-bond acceptors (Lipinski definition) is 3. The van der Waals surface area contributed by atoms with Gasteiger partial charge in [-0.05, 0) is 70.9 Å². The van der Waals surface area contributed by atoms with E-state index in [-0.39, 0.29) is 7.43 Å². The topological polar surface area (TPSA) is 17.7 Å². The predicted molar refractivity (Wildman–Crippen MR) is 195 cm³/mol. The Morgan fingerprint density at radius 1 is 0.585 bits per heavy atom. The molecule has 0 radical (unpaired) electrons. The SMILES string of the molecule is C.CC.CC.CC.CC.CC.CN1C=CCC1.CN1CC=CC1.CN1CCCC1.C[N+]1=CC=CC1.Cn1cccc1. The summed E-state index contributed by atoms with van der Waals surface area (Å²) in [7, 11) is 10.4. The zero-order valence-corrected chi connectivity index (χ0v) is 30.0. The molecule has 0 atom stereocenters. The van der Waals surface area contributed by atoms with Crippen molar-refractivity contribution >= 4 is 6.21 Å². The van der Waals surface area contributed by atoms with Crippen LogP contribution >= 0.6 is 0 Å². The summed E-state index contributed by atoms with van der Waals surface area (Å²) >= 11 is 0. The minimum absolute atomic E-state index is 0. The van der Waals surface area contributed by atoms with Crippen molar-refractivity contribution in [2.24, 2.45) is 7.05 Å². The molecule has 0 spiro atoms. The largest absolute Gasteiger partial charge is 0.380 e. The lowest BCUT2D eigenvalue weighted by molar-refractivity contribution is -0.477. The van der Waals surface area contributed by atoms with Crippen molar-refractivity contribution in [1.29, 1.82) is 0 Å². The lowest BCUT2D eigenvalue weighted by Crippen LogP contribution is -2.11. The molecule has 0 N–H and O–H groups in total. The van der Waals surface area contributed by atoms with Crippen molar-refractivity contribution in [3.8, 4) is 0 Å². The van der Waals surface area contributed by atoms with E-state index in [1.165, 1.54) is 38.9 Å². The van der Waals surface area contributed by atoms with Crippen LogP contribution in [-0.4, -0.2) is 97.5 Å². The molecule has 5 nitrogen and oxygen atoms in total. The molecule has 1 saturated heterocycles. The number of allylic oxidation sites excluding steroid dienone is 1. The molecule has 5 rings (SSSR count). The summed E-state index contributed by atoms with van der Waals surface area (Å²) in [6.45, 7) is 27.2. The lowest BCUT2D eigenvalue weighted by Gasteiger charge is -2.02. The van der Waals surface area contributed by atoms with Crippen molar-refractivity contribution in [2.75, 3.05) is 67.5 Å². The molecule has 5 heteroatoms. The second kappa shape index (κ2) is 47.7. The highest BCUT2D eigenvalue weighted by atomic mass is 15.1. The van der Waals surface area contributed by atoms with Gasteiger partial charge in [0.1, 0.15) is 7.05 Å². The highest BCUT2D eigenvalue weighted by molar-refractivity contribution is 5.67. The van der Waals surface area contributed by atoms with Gasteiger partial charge in [-0.2, -0.15) is 0 Å². The Morgan fingerprint density at radius 2 is 1.05 bits per heavy atom. The first-order chi connectivity index (χ1) is 19.5. The van der Waals surface area contributed by atoms with Gasteiger partial charge in [-0.25, -0.2) is 4.58 Å². The van der Waals surface area contributed by atoms with Gasteiger partial charge in [0.2, 0.25) is 0 Å². The number of rotatable bonds is 0. The predicted octanol–water partition coefficient (Wildman–Crippen LogP) is 9.10. The third kappa shape index (κ3) is 45.1. The fraction of sp³-hybridized carbons (Fsp3) is 0.694. The zero-order chi connectivity index (χ0) is 32.0. The molecule has 0 aliphatic carbocycles. The minimum Gasteiger partial charge on any atom is -0.380 e. The van der Waals surface area contributed by atoms with Crippen LogP contribution in [-0.2, 0) is 7.05 Å². The van der Waals surface area contributed by atoms with E-state index in [4.69, 9.17) is 0 Å². The maximum absolute atomic E-state index is 2.36. The number of aryl methyl sites for hydroxylation is 1. The van der Waals surface area contributed by atoms with E-state index >= 15 is 0 Å². The molecule has 0 amide bonds. The second-order valence-corrected chi connectivity index (χ2v) is 8.22. The number of nitrogens with zero attached hydrogens (tertiary/aromatic N) is 5. The fourth-order valence-corrected chi connectivity index (χ4v) is 2.98. The summed E-state index contributed by atoms with van der Waals surface area (Å²) in [5, 5.41) is 0. The third-order valence-corrected chi connectivity index (χ3v) is 4.96. The molecule has 0 unspecified atom stereocenters. The maximum atomic E-state index is 2.36. The molecule has 246 valence electrons. The molecular weight excluding hydrogens is 502 g/mol. The highest BCUT2D eigenvalue weighted by Gasteiger charge is 2.03. The van der Waals surface area contributed by atoms with Crippen LogP contribution in [0.5, 0.6) is 0 Å². The Hall–Kier alpha value is -2.11. The van der Waals surface area contributed by atoms with E-state index in [0.717, 1.165) is 19.6 Å². The summed E-state index contributed by atoms with van der Waals surface area (Å²) in [4.78, 5) is 6.79. The quantitative estimate of drug-likeness (QED) is 0.225. The Morgan fingerprint density at radius 3 is 1.17 bits per heavy atom. The van der Waals surface area contributed by atoms with E-state index in [1.54, 1.807) is 0 Å². The Kier molecular flexibility index (Phi) is 60.0. The Balaban J connectivity index is -0.0000000862. The monoisotopic (exact) mass is 581 g/mol. The van der Waals surface area contributed by atoms with E-state index in [2.05, 4.69) is 90.3 Å². The Labute approximate surface area is 261 Å². The molecule has 41 heavy (non-hydrogen) atoms. The van der Waals surface area contributed by atoms with Crippen LogP contribution in [0.15, 0.2) is 61.1 Å². The van der Waals surface area contributed by atoms with Crippen LogP contribution in [0.1, 0.15) is 95.9 Å².